The maximum Gasteiger partial charge on any atom is 0.262 e. The monoisotopic (exact) mass is 548 g/mol. The number of nitrogens with zero attached hydrogens (tertiary/aromatic N) is 2. The summed E-state index contributed by atoms with van der Waals surface area (Å²) in [5.74, 6) is 0.154. The maximum atomic E-state index is 12.9. The molecule has 1 aromatic heterocycles. The van der Waals surface area contributed by atoms with E-state index in [1.165, 1.54) is 13.3 Å². The molecule has 0 saturated carbocycles. The molecule has 0 atom stereocenters. The first kappa shape index (κ1) is 27.1. The molecule has 0 aliphatic carbocycles. The molecule has 0 radical (unpaired) electrons. The summed E-state index contributed by atoms with van der Waals surface area (Å²) in [4.78, 5) is 38.1. The molecule has 0 bridgehead atoms. The Morgan fingerprint density at radius 3 is 2.24 bits per heavy atom. The molecule has 1 heterocycles. The normalized spacial score (nSPS) is 11.1. The predicted octanol–water partition coefficient (Wildman–Crippen LogP) is 4.64. The van der Waals surface area contributed by atoms with Crippen LogP contribution in [0.15, 0.2) is 101 Å². The molecule has 206 valence electrons. The molecule has 5 aromatic rings. The summed E-state index contributed by atoms with van der Waals surface area (Å²) in [7, 11) is 1.50. The number of aryl methyl sites for hydroxylation is 1. The van der Waals surface area contributed by atoms with E-state index < -0.39 is 0 Å². The Bertz CT molecular complexity index is 1780. The van der Waals surface area contributed by atoms with Gasteiger partial charge in [0, 0.05) is 16.5 Å². The number of carbonyl (C=O) groups excluding carboxylic acids is 2. The fourth-order valence-electron chi connectivity index (χ4n) is 4.55. The fourth-order valence-corrected chi connectivity index (χ4v) is 4.55. The van der Waals surface area contributed by atoms with Crippen LogP contribution in [-0.4, -0.2) is 36.3 Å². The molecule has 0 saturated heterocycles. The minimum atomic E-state index is -0.355. The van der Waals surface area contributed by atoms with E-state index in [4.69, 9.17) is 9.47 Å². The second kappa shape index (κ2) is 12.2. The molecule has 2 amide bonds. The molecule has 2 N–H and O–H groups in total. The molecule has 0 aliphatic heterocycles. The van der Waals surface area contributed by atoms with Gasteiger partial charge in [-0.15, -0.1) is 0 Å². The molecule has 41 heavy (non-hydrogen) atoms. The van der Waals surface area contributed by atoms with Gasteiger partial charge in [-0.1, -0.05) is 36.4 Å². The topological polar surface area (TPSA) is 111 Å². The van der Waals surface area contributed by atoms with E-state index in [2.05, 4.69) is 15.8 Å². The first-order chi connectivity index (χ1) is 19.9. The Balaban J connectivity index is 1.24. The van der Waals surface area contributed by atoms with Crippen molar-refractivity contribution in [3.63, 3.8) is 0 Å². The van der Waals surface area contributed by atoms with Gasteiger partial charge in [0.05, 0.1) is 24.4 Å². The highest BCUT2D eigenvalue weighted by Crippen LogP contribution is 2.27. The van der Waals surface area contributed by atoms with Crippen molar-refractivity contribution in [2.45, 2.75) is 13.5 Å². The Hall–Kier alpha value is -5.44. The zero-order chi connectivity index (χ0) is 28.8. The van der Waals surface area contributed by atoms with Gasteiger partial charge in [-0.05, 0) is 72.6 Å². The number of ether oxygens (including phenoxy) is 2. The highest BCUT2D eigenvalue weighted by molar-refractivity contribution is 5.95. The van der Waals surface area contributed by atoms with Gasteiger partial charge >= 0.3 is 0 Å². The van der Waals surface area contributed by atoms with Crippen LogP contribution < -0.4 is 25.6 Å². The third kappa shape index (κ3) is 6.25. The van der Waals surface area contributed by atoms with Crippen LogP contribution >= 0.6 is 0 Å². The predicted molar refractivity (Wildman–Crippen MR) is 160 cm³/mol. The van der Waals surface area contributed by atoms with E-state index in [1.54, 1.807) is 47.0 Å². The second-order valence-electron chi connectivity index (χ2n) is 9.36. The van der Waals surface area contributed by atoms with Crippen molar-refractivity contribution in [1.29, 1.82) is 0 Å². The zero-order valence-electron chi connectivity index (χ0n) is 22.6. The Kier molecular flexibility index (Phi) is 8.05. The number of hydrogen-bond donors (Lipinski definition) is 2. The van der Waals surface area contributed by atoms with Gasteiger partial charge in [0.25, 0.3) is 11.8 Å². The summed E-state index contributed by atoms with van der Waals surface area (Å²) in [6.07, 6.45) is 1.48. The number of hydrazone groups is 1. The lowest BCUT2D eigenvalue weighted by Gasteiger charge is -2.14. The van der Waals surface area contributed by atoms with Crippen LogP contribution in [0.25, 0.3) is 21.8 Å². The van der Waals surface area contributed by atoms with Crippen LogP contribution in [-0.2, 0) is 16.1 Å². The van der Waals surface area contributed by atoms with Gasteiger partial charge in [0.1, 0.15) is 6.54 Å². The Morgan fingerprint density at radius 1 is 0.854 bits per heavy atom. The molecule has 9 nitrogen and oxygen atoms in total. The number of aromatic nitrogens is 1. The van der Waals surface area contributed by atoms with E-state index in [1.807, 2.05) is 55.5 Å². The van der Waals surface area contributed by atoms with Gasteiger partial charge in [0.2, 0.25) is 0 Å². The molecule has 0 fully saturated rings. The molecule has 4 aromatic carbocycles. The number of pyridine rings is 1. The highest BCUT2D eigenvalue weighted by Gasteiger charge is 2.13. The van der Waals surface area contributed by atoms with Crippen molar-refractivity contribution in [1.82, 2.24) is 9.99 Å². The average Bonchev–Trinajstić information content (AvgIpc) is 2.98. The lowest BCUT2D eigenvalue weighted by atomic mass is 10.1. The van der Waals surface area contributed by atoms with Gasteiger partial charge in [-0.2, -0.15) is 5.10 Å². The van der Waals surface area contributed by atoms with E-state index >= 15 is 0 Å². The molecular weight excluding hydrogens is 520 g/mol. The number of anilines is 1. The van der Waals surface area contributed by atoms with E-state index in [-0.39, 0.29) is 30.4 Å². The van der Waals surface area contributed by atoms with Crippen LogP contribution in [0, 0.1) is 6.92 Å². The van der Waals surface area contributed by atoms with Crippen molar-refractivity contribution < 1.29 is 19.1 Å². The van der Waals surface area contributed by atoms with Crippen molar-refractivity contribution in [2.24, 2.45) is 5.10 Å². The minimum Gasteiger partial charge on any atom is -0.493 e. The largest absolute Gasteiger partial charge is 0.493 e. The van der Waals surface area contributed by atoms with Gasteiger partial charge in [-0.25, -0.2) is 5.43 Å². The van der Waals surface area contributed by atoms with Crippen LogP contribution in [0.3, 0.4) is 0 Å². The molecular formula is C32H28N4O5. The van der Waals surface area contributed by atoms with Gasteiger partial charge in [0.15, 0.2) is 23.5 Å². The number of rotatable bonds is 9. The number of nitrogens with one attached hydrogen (secondary N) is 2. The number of methoxy groups -OCH3 is 1. The molecule has 9 heteroatoms. The first-order valence-electron chi connectivity index (χ1n) is 12.9. The van der Waals surface area contributed by atoms with Gasteiger partial charge < -0.3 is 19.4 Å². The number of benzene rings is 4. The smallest absolute Gasteiger partial charge is 0.262 e. The average molecular weight is 549 g/mol. The summed E-state index contributed by atoms with van der Waals surface area (Å²) in [5.41, 5.74) is 6.20. The quantitative estimate of drug-likeness (QED) is 0.158. The molecule has 0 spiro atoms. The van der Waals surface area contributed by atoms with Crippen LogP contribution in [0.4, 0.5) is 5.69 Å². The summed E-state index contributed by atoms with van der Waals surface area (Å²) >= 11 is 0. The fraction of sp³-hybridized carbons (Fsp3) is 0.125. The molecule has 5 rings (SSSR count). The summed E-state index contributed by atoms with van der Waals surface area (Å²) < 4.78 is 12.9. The summed E-state index contributed by atoms with van der Waals surface area (Å²) in [6, 6.07) is 27.0. The zero-order valence-corrected chi connectivity index (χ0v) is 22.6. The van der Waals surface area contributed by atoms with E-state index in [0.29, 0.717) is 44.6 Å². The van der Waals surface area contributed by atoms with Crippen LogP contribution in [0.5, 0.6) is 11.5 Å². The number of hydrogen-bond acceptors (Lipinski definition) is 6. The Morgan fingerprint density at radius 2 is 1.56 bits per heavy atom. The lowest BCUT2D eigenvalue weighted by Crippen LogP contribution is -2.25. The SMILES string of the molecule is COc1cc(/C=N\NC(=O)Cn2c3ccccc3c(=O)c3ccccc32)ccc1OCC(=O)Nc1cccc(C)c1. The number of carbonyl (C=O) groups is 2. The number of amides is 2. The number of fused-ring (bicyclic) bond motifs is 2. The summed E-state index contributed by atoms with van der Waals surface area (Å²) in [5, 5.41) is 7.98. The standard InChI is InChI=1S/C32H28N4O5/c1-21-8-7-9-23(16-21)34-31(38)20-41-28-15-14-22(17-29(28)40-2)18-33-35-30(37)19-36-26-12-5-3-10-24(26)32(39)25-11-4-6-13-27(25)36/h3-18H,19-20H2,1-2H3,(H,34,38)(H,35,37)/b33-18-. The van der Waals surface area contributed by atoms with Crippen LogP contribution in [0.2, 0.25) is 0 Å². The summed E-state index contributed by atoms with van der Waals surface area (Å²) in [6.45, 7) is 1.73. The maximum absolute atomic E-state index is 12.9. The van der Waals surface area contributed by atoms with Crippen molar-refractivity contribution in [2.75, 3.05) is 19.0 Å². The third-order valence-corrected chi connectivity index (χ3v) is 6.43. The number of para-hydroxylation sites is 2. The lowest BCUT2D eigenvalue weighted by molar-refractivity contribution is -0.121. The van der Waals surface area contributed by atoms with Crippen molar-refractivity contribution in [3.8, 4) is 11.5 Å². The van der Waals surface area contributed by atoms with Crippen LogP contribution in [0.1, 0.15) is 11.1 Å². The van der Waals surface area contributed by atoms with Crippen molar-refractivity contribution >= 4 is 45.5 Å². The highest BCUT2D eigenvalue weighted by atomic mass is 16.5. The van der Waals surface area contributed by atoms with E-state index in [9.17, 15) is 14.4 Å². The van der Waals surface area contributed by atoms with E-state index in [0.717, 1.165) is 5.56 Å². The Labute approximate surface area is 236 Å². The molecule has 0 aliphatic rings. The second-order valence-corrected chi connectivity index (χ2v) is 9.36. The third-order valence-electron chi connectivity index (χ3n) is 6.43. The molecule has 0 unspecified atom stereocenters. The minimum absolute atomic E-state index is 0.0284. The van der Waals surface area contributed by atoms with Gasteiger partial charge in [-0.3, -0.25) is 14.4 Å². The van der Waals surface area contributed by atoms with Crippen molar-refractivity contribution in [3.05, 3.63) is 112 Å². The first-order valence-corrected chi connectivity index (χ1v) is 12.9.